The lowest BCUT2D eigenvalue weighted by Crippen LogP contribution is -2.12. The number of rotatable bonds is 3. The van der Waals surface area contributed by atoms with E-state index >= 15 is 0 Å². The molecule has 0 fully saturated rings. The van der Waals surface area contributed by atoms with E-state index < -0.39 is 0 Å². The molecule has 2 heterocycles. The van der Waals surface area contributed by atoms with Gasteiger partial charge in [0.2, 0.25) is 0 Å². The molecule has 0 saturated heterocycles. The number of nitrogens with one attached hydrogen (secondary N) is 1. The first-order chi connectivity index (χ1) is 13.0. The fraction of sp³-hybridized carbons (Fsp3) is 0. The van der Waals surface area contributed by atoms with E-state index in [1.165, 1.54) is 17.5 Å². The summed E-state index contributed by atoms with van der Waals surface area (Å²) in [6.45, 7) is 0. The molecule has 0 radical (unpaired) electrons. The second-order valence-corrected chi connectivity index (χ2v) is 7.36. The molecule has 4 aromatic rings. The number of benzene rings is 2. The zero-order chi connectivity index (χ0) is 19.0. The summed E-state index contributed by atoms with van der Waals surface area (Å²) in [5, 5.41) is 3.86. The standard InChI is InChI=1S/C19H14ClN5OS/c20-12-3-1-2-10(6-12)14-7-11(8-15-17(14)25-19(22)27-15)18(26)24-13-4-5-16(21)23-9-13/h1-9H,(H2,21,23)(H2,22,25)(H,24,26). The first kappa shape index (κ1) is 17.3. The zero-order valence-electron chi connectivity index (χ0n) is 13.9. The zero-order valence-corrected chi connectivity index (χ0v) is 15.5. The predicted molar refractivity (Wildman–Crippen MR) is 111 cm³/mol. The maximum absolute atomic E-state index is 12.8. The number of carbonyl (C=O) groups is 1. The third kappa shape index (κ3) is 3.55. The monoisotopic (exact) mass is 395 g/mol. The molecular formula is C19H14ClN5OS. The van der Waals surface area contributed by atoms with Gasteiger partial charge in [0, 0.05) is 16.1 Å². The number of nitrogens with two attached hydrogens (primary N) is 2. The molecule has 27 heavy (non-hydrogen) atoms. The molecule has 134 valence electrons. The van der Waals surface area contributed by atoms with Crippen molar-refractivity contribution >= 4 is 55.7 Å². The number of carbonyl (C=O) groups excluding carboxylic acids is 1. The van der Waals surface area contributed by atoms with Crippen molar-refractivity contribution in [3.8, 4) is 11.1 Å². The van der Waals surface area contributed by atoms with E-state index in [4.69, 9.17) is 23.1 Å². The maximum Gasteiger partial charge on any atom is 0.255 e. The van der Waals surface area contributed by atoms with E-state index in [9.17, 15) is 4.79 Å². The van der Waals surface area contributed by atoms with E-state index in [0.29, 0.717) is 27.2 Å². The number of amides is 1. The van der Waals surface area contributed by atoms with E-state index in [-0.39, 0.29) is 5.91 Å². The van der Waals surface area contributed by atoms with Crippen LogP contribution >= 0.6 is 22.9 Å². The molecule has 6 nitrogen and oxygen atoms in total. The summed E-state index contributed by atoms with van der Waals surface area (Å²) in [4.78, 5) is 21.1. The molecule has 0 atom stereocenters. The van der Waals surface area contributed by atoms with Crippen LogP contribution in [-0.4, -0.2) is 15.9 Å². The Morgan fingerprint density at radius 2 is 1.96 bits per heavy atom. The van der Waals surface area contributed by atoms with Crippen molar-refractivity contribution in [1.29, 1.82) is 0 Å². The molecule has 0 aliphatic rings. The quantitative estimate of drug-likeness (QED) is 0.475. The molecule has 2 aromatic carbocycles. The van der Waals surface area contributed by atoms with Gasteiger partial charge in [-0.15, -0.1) is 0 Å². The minimum Gasteiger partial charge on any atom is -0.384 e. The van der Waals surface area contributed by atoms with Crippen LogP contribution in [-0.2, 0) is 0 Å². The molecule has 0 spiro atoms. The number of anilines is 3. The number of hydrogen-bond donors (Lipinski definition) is 3. The first-order valence-corrected chi connectivity index (χ1v) is 9.18. The van der Waals surface area contributed by atoms with Crippen molar-refractivity contribution in [3.63, 3.8) is 0 Å². The number of nitrogen functional groups attached to an aromatic ring is 2. The lowest BCUT2D eigenvalue weighted by molar-refractivity contribution is 0.102. The van der Waals surface area contributed by atoms with Crippen molar-refractivity contribution in [2.75, 3.05) is 16.8 Å². The number of aromatic nitrogens is 2. The lowest BCUT2D eigenvalue weighted by Gasteiger charge is -2.09. The maximum atomic E-state index is 12.8. The largest absolute Gasteiger partial charge is 0.384 e. The van der Waals surface area contributed by atoms with Crippen LogP contribution in [0.5, 0.6) is 0 Å². The number of pyridine rings is 1. The van der Waals surface area contributed by atoms with Crippen molar-refractivity contribution in [3.05, 3.63) is 65.3 Å². The second-order valence-electron chi connectivity index (χ2n) is 5.86. The van der Waals surface area contributed by atoms with Gasteiger partial charge in [-0.25, -0.2) is 9.97 Å². The molecule has 0 unspecified atom stereocenters. The summed E-state index contributed by atoms with van der Waals surface area (Å²) < 4.78 is 0.825. The number of fused-ring (bicyclic) bond motifs is 1. The van der Waals surface area contributed by atoms with E-state index in [1.807, 2.05) is 18.2 Å². The summed E-state index contributed by atoms with van der Waals surface area (Å²) >= 11 is 7.46. The van der Waals surface area contributed by atoms with Gasteiger partial charge in [0.15, 0.2) is 5.13 Å². The summed E-state index contributed by atoms with van der Waals surface area (Å²) in [6.07, 6.45) is 1.51. The van der Waals surface area contributed by atoms with E-state index in [2.05, 4.69) is 15.3 Å². The molecule has 0 bridgehead atoms. The summed E-state index contributed by atoms with van der Waals surface area (Å²) in [5.74, 6) is 0.122. The lowest BCUT2D eigenvalue weighted by atomic mass is 10.0. The SMILES string of the molecule is Nc1ccc(NC(=O)c2cc(-c3cccc(Cl)c3)c3nc(N)sc3c2)cn1. The Balaban J connectivity index is 1.79. The highest BCUT2D eigenvalue weighted by molar-refractivity contribution is 7.22. The van der Waals surface area contributed by atoms with Crippen LogP contribution in [0.3, 0.4) is 0 Å². The molecule has 0 aliphatic heterocycles. The Kier molecular flexibility index (Phi) is 4.39. The molecule has 4 rings (SSSR count). The Morgan fingerprint density at radius 1 is 1.11 bits per heavy atom. The molecular weight excluding hydrogens is 382 g/mol. The summed E-state index contributed by atoms with van der Waals surface area (Å²) in [6, 6.07) is 14.3. The van der Waals surface area contributed by atoms with Gasteiger partial charge in [-0.05, 0) is 42.0 Å². The van der Waals surface area contributed by atoms with Crippen LogP contribution in [0.1, 0.15) is 10.4 Å². The average molecular weight is 396 g/mol. The third-order valence-electron chi connectivity index (χ3n) is 3.95. The number of halogens is 1. The van der Waals surface area contributed by atoms with Crippen LogP contribution in [0.25, 0.3) is 21.3 Å². The summed E-state index contributed by atoms with van der Waals surface area (Å²) in [5.41, 5.74) is 14.9. The topological polar surface area (TPSA) is 107 Å². The molecule has 8 heteroatoms. The average Bonchev–Trinajstić information content (AvgIpc) is 3.02. The Morgan fingerprint density at radius 3 is 2.70 bits per heavy atom. The van der Waals surface area contributed by atoms with Gasteiger partial charge in [0.1, 0.15) is 5.82 Å². The van der Waals surface area contributed by atoms with Crippen LogP contribution < -0.4 is 16.8 Å². The van der Waals surface area contributed by atoms with Crippen molar-refractivity contribution in [1.82, 2.24) is 9.97 Å². The van der Waals surface area contributed by atoms with Crippen molar-refractivity contribution in [2.45, 2.75) is 0 Å². The number of thiazole rings is 1. The second kappa shape index (κ2) is 6.86. The van der Waals surface area contributed by atoms with Gasteiger partial charge < -0.3 is 16.8 Å². The fourth-order valence-corrected chi connectivity index (χ4v) is 3.73. The first-order valence-electron chi connectivity index (χ1n) is 7.98. The van der Waals surface area contributed by atoms with Gasteiger partial charge in [-0.1, -0.05) is 35.1 Å². The molecule has 0 saturated carbocycles. The minimum absolute atomic E-state index is 0.265. The third-order valence-corrected chi connectivity index (χ3v) is 5.02. The fourth-order valence-electron chi connectivity index (χ4n) is 2.74. The van der Waals surface area contributed by atoms with Crippen LogP contribution in [0, 0.1) is 0 Å². The van der Waals surface area contributed by atoms with Crippen molar-refractivity contribution < 1.29 is 4.79 Å². The van der Waals surface area contributed by atoms with Gasteiger partial charge in [0.05, 0.1) is 22.1 Å². The Labute approximate surface area is 163 Å². The molecule has 2 aromatic heterocycles. The van der Waals surface area contributed by atoms with Crippen LogP contribution in [0.2, 0.25) is 5.02 Å². The van der Waals surface area contributed by atoms with Gasteiger partial charge in [-0.3, -0.25) is 4.79 Å². The van der Waals surface area contributed by atoms with Crippen LogP contribution in [0.15, 0.2) is 54.7 Å². The van der Waals surface area contributed by atoms with Crippen LogP contribution in [0.4, 0.5) is 16.6 Å². The summed E-state index contributed by atoms with van der Waals surface area (Å²) in [7, 11) is 0. The Hall–Kier alpha value is -3.16. The smallest absolute Gasteiger partial charge is 0.255 e. The molecule has 5 N–H and O–H groups in total. The Bertz CT molecular complexity index is 1160. The predicted octanol–water partition coefficient (Wildman–Crippen LogP) is 4.43. The highest BCUT2D eigenvalue weighted by Gasteiger charge is 2.15. The number of nitrogens with zero attached hydrogens (tertiary/aromatic N) is 2. The van der Waals surface area contributed by atoms with Gasteiger partial charge in [-0.2, -0.15) is 0 Å². The highest BCUT2D eigenvalue weighted by Crippen LogP contribution is 2.35. The molecule has 1 amide bonds. The highest BCUT2D eigenvalue weighted by atomic mass is 35.5. The molecule has 0 aliphatic carbocycles. The van der Waals surface area contributed by atoms with Crippen molar-refractivity contribution in [2.24, 2.45) is 0 Å². The normalized spacial score (nSPS) is 10.9. The minimum atomic E-state index is -0.265. The van der Waals surface area contributed by atoms with E-state index in [1.54, 1.807) is 30.3 Å². The van der Waals surface area contributed by atoms with E-state index in [0.717, 1.165) is 21.3 Å². The van der Waals surface area contributed by atoms with Gasteiger partial charge >= 0.3 is 0 Å². The number of hydrogen-bond acceptors (Lipinski definition) is 6. The van der Waals surface area contributed by atoms with Gasteiger partial charge in [0.25, 0.3) is 5.91 Å².